The number of hydrogen-bond donors (Lipinski definition) is 2. The SMILES string of the molecule is CNC(=O)COc1cc(C#N)ccc1CNC(=O)c1ccc(C(=O)N2CCOCC2)cc1. The lowest BCUT2D eigenvalue weighted by molar-refractivity contribution is -0.122. The fraction of sp³-hybridized carbons (Fsp3) is 0.304. The van der Waals surface area contributed by atoms with E-state index in [-0.39, 0.29) is 30.9 Å². The van der Waals surface area contributed by atoms with E-state index in [1.165, 1.54) is 13.1 Å². The predicted molar refractivity (Wildman–Crippen MR) is 115 cm³/mol. The van der Waals surface area contributed by atoms with Gasteiger partial charge in [0.2, 0.25) is 0 Å². The molecule has 0 saturated carbocycles. The van der Waals surface area contributed by atoms with Gasteiger partial charge in [0.1, 0.15) is 5.75 Å². The molecule has 2 aromatic carbocycles. The van der Waals surface area contributed by atoms with Crippen molar-refractivity contribution in [2.24, 2.45) is 0 Å². The van der Waals surface area contributed by atoms with E-state index in [2.05, 4.69) is 10.6 Å². The molecule has 3 amide bonds. The molecule has 0 radical (unpaired) electrons. The zero-order valence-electron chi connectivity index (χ0n) is 17.7. The van der Waals surface area contributed by atoms with Gasteiger partial charge in [-0.3, -0.25) is 14.4 Å². The molecule has 3 rings (SSSR count). The van der Waals surface area contributed by atoms with Crippen molar-refractivity contribution in [3.8, 4) is 11.8 Å². The van der Waals surface area contributed by atoms with E-state index in [1.54, 1.807) is 41.3 Å². The van der Waals surface area contributed by atoms with Crippen LogP contribution in [0.1, 0.15) is 31.8 Å². The average molecular weight is 436 g/mol. The Kier molecular flexibility index (Phi) is 7.78. The molecule has 0 unspecified atom stereocenters. The van der Waals surface area contributed by atoms with Gasteiger partial charge in [0.25, 0.3) is 17.7 Å². The maximum Gasteiger partial charge on any atom is 0.257 e. The summed E-state index contributed by atoms with van der Waals surface area (Å²) < 4.78 is 10.8. The number of amides is 3. The molecule has 166 valence electrons. The molecule has 1 aliphatic rings. The van der Waals surface area contributed by atoms with E-state index in [4.69, 9.17) is 14.7 Å². The highest BCUT2D eigenvalue weighted by Crippen LogP contribution is 2.20. The quantitative estimate of drug-likeness (QED) is 0.670. The van der Waals surface area contributed by atoms with Crippen LogP contribution in [0.4, 0.5) is 0 Å². The molecular formula is C23H24N4O5. The molecule has 0 aromatic heterocycles. The van der Waals surface area contributed by atoms with E-state index in [1.807, 2.05) is 6.07 Å². The summed E-state index contributed by atoms with van der Waals surface area (Å²) in [5.74, 6) is -0.374. The number of nitrogens with zero attached hydrogens (tertiary/aromatic N) is 2. The van der Waals surface area contributed by atoms with Gasteiger partial charge in [0.05, 0.1) is 24.8 Å². The fourth-order valence-corrected chi connectivity index (χ4v) is 3.11. The van der Waals surface area contributed by atoms with Crippen molar-refractivity contribution in [1.82, 2.24) is 15.5 Å². The van der Waals surface area contributed by atoms with Gasteiger partial charge >= 0.3 is 0 Å². The second-order valence-corrected chi connectivity index (χ2v) is 7.06. The van der Waals surface area contributed by atoms with Crippen molar-refractivity contribution in [3.05, 3.63) is 64.7 Å². The van der Waals surface area contributed by atoms with Gasteiger partial charge in [0.15, 0.2) is 6.61 Å². The Morgan fingerprint density at radius 1 is 1.09 bits per heavy atom. The smallest absolute Gasteiger partial charge is 0.257 e. The van der Waals surface area contributed by atoms with Gasteiger partial charge in [-0.1, -0.05) is 6.07 Å². The second kappa shape index (κ2) is 10.9. The minimum Gasteiger partial charge on any atom is -0.483 e. The Bertz CT molecular complexity index is 1020. The summed E-state index contributed by atoms with van der Waals surface area (Å²) in [5, 5.41) is 14.3. The first-order chi connectivity index (χ1) is 15.5. The van der Waals surface area contributed by atoms with Crippen LogP contribution in [0, 0.1) is 11.3 Å². The number of likely N-dealkylation sites (N-methyl/N-ethyl adjacent to an activating group) is 1. The van der Waals surface area contributed by atoms with Crippen molar-refractivity contribution in [2.45, 2.75) is 6.54 Å². The number of hydrogen-bond acceptors (Lipinski definition) is 6. The number of morpholine rings is 1. The highest BCUT2D eigenvalue weighted by Gasteiger charge is 2.19. The molecule has 1 aliphatic heterocycles. The molecular weight excluding hydrogens is 412 g/mol. The fourth-order valence-electron chi connectivity index (χ4n) is 3.11. The summed E-state index contributed by atoms with van der Waals surface area (Å²) >= 11 is 0. The number of carbonyl (C=O) groups excluding carboxylic acids is 3. The lowest BCUT2D eigenvalue weighted by Gasteiger charge is -2.26. The summed E-state index contributed by atoms with van der Waals surface area (Å²) in [7, 11) is 1.50. The van der Waals surface area contributed by atoms with E-state index >= 15 is 0 Å². The summed E-state index contributed by atoms with van der Waals surface area (Å²) in [6.45, 7) is 2.09. The number of nitrogens with one attached hydrogen (secondary N) is 2. The van der Waals surface area contributed by atoms with Crippen LogP contribution in [-0.4, -0.2) is 62.6 Å². The van der Waals surface area contributed by atoms with E-state index in [0.29, 0.717) is 54.3 Å². The van der Waals surface area contributed by atoms with Crippen molar-refractivity contribution in [3.63, 3.8) is 0 Å². The largest absolute Gasteiger partial charge is 0.483 e. The minimum absolute atomic E-state index is 0.0873. The molecule has 9 nitrogen and oxygen atoms in total. The highest BCUT2D eigenvalue weighted by atomic mass is 16.5. The molecule has 0 bridgehead atoms. The molecule has 2 N–H and O–H groups in total. The number of benzene rings is 2. The molecule has 1 saturated heterocycles. The monoisotopic (exact) mass is 436 g/mol. The van der Waals surface area contributed by atoms with Gasteiger partial charge in [-0.05, 0) is 36.4 Å². The summed E-state index contributed by atoms with van der Waals surface area (Å²) in [5.41, 5.74) is 1.93. The topological polar surface area (TPSA) is 121 Å². The average Bonchev–Trinajstić information content (AvgIpc) is 2.86. The van der Waals surface area contributed by atoms with Crippen LogP contribution in [0.2, 0.25) is 0 Å². The molecule has 1 fully saturated rings. The third-order valence-electron chi connectivity index (χ3n) is 4.97. The number of nitriles is 1. The normalized spacial score (nSPS) is 13.1. The lowest BCUT2D eigenvalue weighted by atomic mass is 10.1. The van der Waals surface area contributed by atoms with Gasteiger partial charge in [-0.25, -0.2) is 0 Å². The maximum absolute atomic E-state index is 12.6. The third-order valence-corrected chi connectivity index (χ3v) is 4.97. The third kappa shape index (κ3) is 5.83. The first-order valence-electron chi connectivity index (χ1n) is 10.1. The van der Waals surface area contributed by atoms with Crippen LogP contribution in [0.25, 0.3) is 0 Å². The molecule has 0 aliphatic carbocycles. The predicted octanol–water partition coefficient (Wildman–Crippen LogP) is 1.09. The van der Waals surface area contributed by atoms with Crippen LogP contribution in [0.15, 0.2) is 42.5 Å². The molecule has 0 spiro atoms. The van der Waals surface area contributed by atoms with Crippen LogP contribution < -0.4 is 15.4 Å². The van der Waals surface area contributed by atoms with Crippen molar-refractivity contribution < 1.29 is 23.9 Å². The number of ether oxygens (including phenoxy) is 2. The van der Waals surface area contributed by atoms with Crippen LogP contribution in [-0.2, 0) is 16.1 Å². The molecule has 32 heavy (non-hydrogen) atoms. The van der Waals surface area contributed by atoms with Crippen LogP contribution >= 0.6 is 0 Å². The van der Waals surface area contributed by atoms with E-state index in [9.17, 15) is 14.4 Å². The van der Waals surface area contributed by atoms with E-state index < -0.39 is 0 Å². The Morgan fingerprint density at radius 2 is 1.78 bits per heavy atom. The first kappa shape index (κ1) is 22.8. The zero-order chi connectivity index (χ0) is 22.9. The van der Waals surface area contributed by atoms with Gasteiger partial charge in [-0.2, -0.15) is 5.26 Å². The van der Waals surface area contributed by atoms with Crippen molar-refractivity contribution >= 4 is 17.7 Å². The number of carbonyl (C=O) groups is 3. The van der Waals surface area contributed by atoms with Gasteiger partial charge < -0.3 is 25.0 Å². The molecule has 1 heterocycles. The van der Waals surface area contributed by atoms with Crippen LogP contribution in [0.5, 0.6) is 5.75 Å². The van der Waals surface area contributed by atoms with Crippen LogP contribution in [0.3, 0.4) is 0 Å². The maximum atomic E-state index is 12.6. The number of rotatable bonds is 7. The van der Waals surface area contributed by atoms with Gasteiger partial charge in [0, 0.05) is 43.4 Å². The Labute approximate surface area is 185 Å². The minimum atomic E-state index is -0.322. The molecule has 2 aromatic rings. The first-order valence-corrected chi connectivity index (χ1v) is 10.1. The Balaban J connectivity index is 1.63. The summed E-state index contributed by atoms with van der Waals surface area (Å²) in [4.78, 5) is 38.3. The van der Waals surface area contributed by atoms with Crippen molar-refractivity contribution in [1.29, 1.82) is 5.26 Å². The highest BCUT2D eigenvalue weighted by molar-refractivity contribution is 5.97. The van der Waals surface area contributed by atoms with E-state index in [0.717, 1.165) is 0 Å². The standard InChI is InChI=1S/C23H24N4O5/c1-25-21(28)15-32-20-12-16(13-24)2-3-19(20)14-26-22(29)17-4-6-18(7-5-17)23(30)27-8-10-31-11-9-27/h2-7,12H,8-11,14-15H2,1H3,(H,25,28)(H,26,29). The second-order valence-electron chi connectivity index (χ2n) is 7.06. The lowest BCUT2D eigenvalue weighted by Crippen LogP contribution is -2.40. The zero-order valence-corrected chi connectivity index (χ0v) is 17.7. The Hall–Kier alpha value is -3.90. The Morgan fingerprint density at radius 3 is 2.44 bits per heavy atom. The summed E-state index contributed by atoms with van der Waals surface area (Å²) in [6, 6.07) is 13.3. The van der Waals surface area contributed by atoms with Crippen molar-refractivity contribution in [2.75, 3.05) is 40.0 Å². The summed E-state index contributed by atoms with van der Waals surface area (Å²) in [6.07, 6.45) is 0. The van der Waals surface area contributed by atoms with Gasteiger partial charge in [-0.15, -0.1) is 0 Å². The molecule has 9 heteroatoms. The molecule has 0 atom stereocenters.